The van der Waals surface area contributed by atoms with Crippen LogP contribution in [-0.4, -0.2) is 27.5 Å². The lowest BCUT2D eigenvalue weighted by molar-refractivity contribution is 0.425. The first-order valence-corrected chi connectivity index (χ1v) is 11.8. The Balaban J connectivity index is 1.44. The van der Waals surface area contributed by atoms with Crippen molar-refractivity contribution in [1.29, 1.82) is 0 Å². The van der Waals surface area contributed by atoms with Gasteiger partial charge in [0.25, 0.3) is 10.0 Å². The second-order valence-corrected chi connectivity index (χ2v) is 10.8. The smallest absolute Gasteiger partial charge is 0.241 e. The van der Waals surface area contributed by atoms with Gasteiger partial charge >= 0.3 is 0 Å². The Hall–Kier alpha value is -2.33. The first-order chi connectivity index (χ1) is 13.5. The number of nitrogens with zero attached hydrogens (tertiary/aromatic N) is 4. The van der Waals surface area contributed by atoms with E-state index in [0.29, 0.717) is 17.3 Å². The molecule has 0 unspecified atom stereocenters. The Morgan fingerprint density at radius 3 is 2.64 bits per heavy atom. The third-order valence-electron chi connectivity index (χ3n) is 4.68. The van der Waals surface area contributed by atoms with Gasteiger partial charge in [-0.15, -0.1) is 22.7 Å². The highest BCUT2D eigenvalue weighted by atomic mass is 32.2. The lowest BCUT2D eigenvalue weighted by Gasteiger charge is -2.15. The van der Waals surface area contributed by atoms with Crippen molar-refractivity contribution in [1.82, 2.24) is 19.1 Å². The Kier molecular flexibility index (Phi) is 4.20. The summed E-state index contributed by atoms with van der Waals surface area (Å²) in [4.78, 5) is 5.32. The lowest BCUT2D eigenvalue weighted by atomic mass is 10.3. The monoisotopic (exact) mass is 428 g/mol. The number of benzene rings is 1. The second kappa shape index (κ2) is 6.63. The third kappa shape index (κ3) is 2.91. The minimum absolute atomic E-state index is 0.315. The Bertz CT molecular complexity index is 1260. The second-order valence-electron chi connectivity index (χ2n) is 6.51. The van der Waals surface area contributed by atoms with Crippen LogP contribution in [0, 0.1) is 6.92 Å². The van der Waals surface area contributed by atoms with Crippen LogP contribution < -0.4 is 0 Å². The van der Waals surface area contributed by atoms with Crippen LogP contribution in [-0.2, 0) is 23.1 Å². The van der Waals surface area contributed by atoms with Crippen molar-refractivity contribution in [2.75, 3.05) is 0 Å². The van der Waals surface area contributed by atoms with Crippen LogP contribution in [0.2, 0.25) is 0 Å². The molecule has 9 heteroatoms. The Labute approximate surface area is 170 Å². The van der Waals surface area contributed by atoms with Gasteiger partial charge in [0.05, 0.1) is 39.7 Å². The van der Waals surface area contributed by atoms with Crippen LogP contribution in [0.5, 0.6) is 0 Å². The normalized spacial score (nSPS) is 14.5. The average Bonchev–Trinajstić information content (AvgIpc) is 3.45. The van der Waals surface area contributed by atoms with Gasteiger partial charge < -0.3 is 0 Å². The number of aromatic nitrogens is 3. The molecule has 1 aliphatic rings. The van der Waals surface area contributed by atoms with Gasteiger partial charge in [-0.3, -0.25) is 0 Å². The molecule has 0 amide bonds. The predicted octanol–water partition coefficient (Wildman–Crippen LogP) is 4.07. The molecule has 28 heavy (non-hydrogen) atoms. The van der Waals surface area contributed by atoms with E-state index in [4.69, 9.17) is 0 Å². The van der Waals surface area contributed by atoms with E-state index in [0.717, 1.165) is 32.5 Å². The van der Waals surface area contributed by atoms with Crippen molar-refractivity contribution < 1.29 is 8.42 Å². The van der Waals surface area contributed by atoms with Crippen molar-refractivity contribution in [2.45, 2.75) is 24.2 Å². The first-order valence-electron chi connectivity index (χ1n) is 8.66. The zero-order chi connectivity index (χ0) is 19.3. The highest BCUT2D eigenvalue weighted by molar-refractivity contribution is 7.91. The molecule has 0 N–H and O–H groups in total. The van der Waals surface area contributed by atoms with Crippen LogP contribution in [0.1, 0.15) is 16.3 Å². The summed E-state index contributed by atoms with van der Waals surface area (Å²) in [6, 6.07) is 13.3. The van der Waals surface area contributed by atoms with E-state index >= 15 is 0 Å². The first kappa shape index (κ1) is 17.7. The summed E-state index contributed by atoms with van der Waals surface area (Å²) in [5, 5.41) is 7.36. The molecule has 0 radical (unpaired) electrons. The molecule has 0 saturated heterocycles. The third-order valence-corrected chi connectivity index (χ3v) is 8.82. The van der Waals surface area contributed by atoms with E-state index in [2.05, 4.69) is 10.1 Å². The molecule has 1 aliphatic heterocycles. The highest BCUT2D eigenvalue weighted by Crippen LogP contribution is 2.36. The van der Waals surface area contributed by atoms with E-state index in [1.807, 2.05) is 53.4 Å². The fraction of sp³-hybridized carbons (Fsp3) is 0.158. The number of thiophene rings is 1. The lowest BCUT2D eigenvalue weighted by Crippen LogP contribution is -2.25. The Morgan fingerprint density at radius 1 is 1.07 bits per heavy atom. The van der Waals surface area contributed by atoms with Gasteiger partial charge in [0, 0.05) is 17.5 Å². The number of sulfonamides is 1. The Morgan fingerprint density at radius 2 is 1.89 bits per heavy atom. The van der Waals surface area contributed by atoms with Crippen molar-refractivity contribution in [3.63, 3.8) is 0 Å². The van der Waals surface area contributed by atoms with Crippen molar-refractivity contribution in [3.8, 4) is 16.3 Å². The van der Waals surface area contributed by atoms with Gasteiger partial charge in [-0.25, -0.2) is 18.1 Å². The highest BCUT2D eigenvalue weighted by Gasteiger charge is 2.34. The zero-order valence-corrected chi connectivity index (χ0v) is 17.4. The fourth-order valence-corrected chi connectivity index (χ4v) is 6.77. The molecule has 6 nitrogen and oxygen atoms in total. The number of hydrogen-bond acceptors (Lipinski definition) is 6. The van der Waals surface area contributed by atoms with Gasteiger partial charge in [0.2, 0.25) is 0 Å². The van der Waals surface area contributed by atoms with Crippen molar-refractivity contribution >= 4 is 32.7 Å². The SMILES string of the molecule is Cc1nc(-c2ccc(S(=O)(=O)N3Cc4cnn(-c5ccccc5)c4C3)s2)cs1. The van der Waals surface area contributed by atoms with E-state index < -0.39 is 10.0 Å². The van der Waals surface area contributed by atoms with E-state index in [9.17, 15) is 8.42 Å². The quantitative estimate of drug-likeness (QED) is 0.491. The summed E-state index contributed by atoms with van der Waals surface area (Å²) >= 11 is 2.83. The van der Waals surface area contributed by atoms with Crippen LogP contribution in [0.15, 0.2) is 58.3 Å². The topological polar surface area (TPSA) is 68.1 Å². The molecular weight excluding hydrogens is 412 g/mol. The molecule has 142 valence electrons. The molecule has 0 saturated carbocycles. The summed E-state index contributed by atoms with van der Waals surface area (Å²) in [5.74, 6) is 0. The molecule has 0 fully saturated rings. The van der Waals surface area contributed by atoms with Crippen LogP contribution >= 0.6 is 22.7 Å². The number of aryl methyl sites for hydroxylation is 1. The maximum absolute atomic E-state index is 13.2. The zero-order valence-electron chi connectivity index (χ0n) is 14.9. The van der Waals surface area contributed by atoms with Crippen LogP contribution in [0.25, 0.3) is 16.3 Å². The van der Waals surface area contributed by atoms with Gasteiger partial charge in [-0.05, 0) is 31.2 Å². The number of fused-ring (bicyclic) bond motifs is 1. The molecular formula is C19H16N4O2S3. The van der Waals surface area contributed by atoms with E-state index in [1.54, 1.807) is 23.6 Å². The number of para-hydroxylation sites is 1. The van der Waals surface area contributed by atoms with Gasteiger partial charge in [0.1, 0.15) is 4.21 Å². The van der Waals surface area contributed by atoms with Gasteiger partial charge in [0.15, 0.2) is 0 Å². The number of hydrogen-bond donors (Lipinski definition) is 0. The van der Waals surface area contributed by atoms with E-state index in [-0.39, 0.29) is 0 Å². The summed E-state index contributed by atoms with van der Waals surface area (Å²) in [6.07, 6.45) is 1.76. The largest absolute Gasteiger partial charge is 0.253 e. The summed E-state index contributed by atoms with van der Waals surface area (Å²) in [6.45, 7) is 2.60. The van der Waals surface area contributed by atoms with Crippen LogP contribution in [0.3, 0.4) is 0 Å². The molecule has 4 aromatic rings. The maximum atomic E-state index is 13.2. The molecule has 0 spiro atoms. The van der Waals surface area contributed by atoms with Crippen molar-refractivity contribution in [3.05, 3.63) is 70.3 Å². The molecule has 3 aromatic heterocycles. The van der Waals surface area contributed by atoms with Crippen molar-refractivity contribution in [2.24, 2.45) is 0 Å². The summed E-state index contributed by atoms with van der Waals surface area (Å²) in [7, 11) is -3.57. The number of thiazole rings is 1. The molecule has 4 heterocycles. The average molecular weight is 429 g/mol. The molecule has 5 rings (SSSR count). The molecule has 1 aromatic carbocycles. The minimum Gasteiger partial charge on any atom is -0.241 e. The number of rotatable bonds is 4. The molecule has 0 bridgehead atoms. The fourth-order valence-electron chi connectivity index (χ4n) is 3.28. The van der Waals surface area contributed by atoms with Gasteiger partial charge in [-0.2, -0.15) is 9.40 Å². The minimum atomic E-state index is -3.57. The molecule has 0 aliphatic carbocycles. The maximum Gasteiger partial charge on any atom is 0.253 e. The van der Waals surface area contributed by atoms with E-state index in [1.165, 1.54) is 15.6 Å². The van der Waals surface area contributed by atoms with Crippen LogP contribution in [0.4, 0.5) is 0 Å². The summed E-state index contributed by atoms with van der Waals surface area (Å²) in [5.41, 5.74) is 3.62. The standard InChI is InChI=1S/C19H16N4O2S3/c1-13-21-16(12-26-13)18-7-8-19(27-18)28(24,25)22-10-14-9-20-23(17(14)11-22)15-5-3-2-4-6-15/h2-9,12H,10-11H2,1H3. The summed E-state index contributed by atoms with van der Waals surface area (Å²) < 4.78 is 30.1. The predicted molar refractivity (Wildman–Crippen MR) is 110 cm³/mol. The molecule has 0 atom stereocenters. The van der Waals surface area contributed by atoms with Gasteiger partial charge in [-0.1, -0.05) is 18.2 Å².